The smallest absolute Gasteiger partial charge is 0.264 e. The molecule has 2 aromatic carbocycles. The van der Waals surface area contributed by atoms with Crippen LogP contribution in [0.15, 0.2) is 78.0 Å². The standard InChI is InChI=1S/C20H20N2O4S/c1-25-18-8-10-20(11-9-18)27(23,24)22(15-16-5-4-12-21-14-16)17-6-3-7-19(13-17)26-2/h3-14H,15H2,1-2H3. The second-order valence-electron chi connectivity index (χ2n) is 5.75. The van der Waals surface area contributed by atoms with Crippen LogP contribution in [0.25, 0.3) is 0 Å². The van der Waals surface area contributed by atoms with Gasteiger partial charge in [0.25, 0.3) is 10.0 Å². The van der Waals surface area contributed by atoms with E-state index in [0.717, 1.165) is 5.56 Å². The van der Waals surface area contributed by atoms with E-state index >= 15 is 0 Å². The normalized spacial score (nSPS) is 11.0. The molecule has 6 nitrogen and oxygen atoms in total. The Morgan fingerprint density at radius 2 is 1.67 bits per heavy atom. The molecule has 0 bridgehead atoms. The fourth-order valence-corrected chi connectivity index (χ4v) is 4.06. The number of nitrogens with zero attached hydrogens (tertiary/aromatic N) is 2. The highest BCUT2D eigenvalue weighted by Gasteiger charge is 2.25. The molecule has 140 valence electrons. The lowest BCUT2D eigenvalue weighted by molar-refractivity contribution is 0.414. The molecule has 0 aliphatic carbocycles. The van der Waals surface area contributed by atoms with Crippen LogP contribution < -0.4 is 13.8 Å². The molecule has 0 fully saturated rings. The summed E-state index contributed by atoms with van der Waals surface area (Å²) in [5, 5.41) is 0. The molecule has 1 heterocycles. The van der Waals surface area contributed by atoms with E-state index in [1.807, 2.05) is 6.07 Å². The predicted molar refractivity (Wildman–Crippen MR) is 104 cm³/mol. The summed E-state index contributed by atoms with van der Waals surface area (Å²) < 4.78 is 38.4. The van der Waals surface area contributed by atoms with Crippen LogP contribution in [0.1, 0.15) is 5.56 Å². The molecule has 0 saturated heterocycles. The molecular formula is C20H20N2O4S. The van der Waals surface area contributed by atoms with E-state index in [4.69, 9.17) is 9.47 Å². The van der Waals surface area contributed by atoms with E-state index in [1.165, 1.54) is 23.5 Å². The number of methoxy groups -OCH3 is 2. The van der Waals surface area contributed by atoms with Crippen molar-refractivity contribution in [3.05, 3.63) is 78.6 Å². The first-order valence-electron chi connectivity index (χ1n) is 8.24. The van der Waals surface area contributed by atoms with E-state index in [9.17, 15) is 8.42 Å². The highest BCUT2D eigenvalue weighted by atomic mass is 32.2. The summed E-state index contributed by atoms with van der Waals surface area (Å²) in [6.07, 6.45) is 3.30. The summed E-state index contributed by atoms with van der Waals surface area (Å²) in [7, 11) is -0.727. The lowest BCUT2D eigenvalue weighted by Gasteiger charge is -2.25. The predicted octanol–water partition coefficient (Wildman–Crippen LogP) is 3.49. The number of hydrogen-bond acceptors (Lipinski definition) is 5. The third-order valence-electron chi connectivity index (χ3n) is 4.04. The molecule has 0 aliphatic rings. The van der Waals surface area contributed by atoms with Crippen LogP contribution in [0.2, 0.25) is 0 Å². The Balaban J connectivity index is 2.06. The van der Waals surface area contributed by atoms with Crippen molar-refractivity contribution in [2.24, 2.45) is 0 Å². The Kier molecular flexibility index (Phi) is 5.61. The van der Waals surface area contributed by atoms with Crippen LogP contribution in [0.4, 0.5) is 5.69 Å². The maximum Gasteiger partial charge on any atom is 0.264 e. The van der Waals surface area contributed by atoms with Crippen LogP contribution in [0.5, 0.6) is 11.5 Å². The quantitative estimate of drug-likeness (QED) is 0.624. The lowest BCUT2D eigenvalue weighted by atomic mass is 10.2. The van der Waals surface area contributed by atoms with Gasteiger partial charge in [-0.05, 0) is 48.0 Å². The average Bonchev–Trinajstić information content (AvgIpc) is 2.72. The SMILES string of the molecule is COc1ccc(S(=O)(=O)N(Cc2cccnc2)c2cccc(OC)c2)cc1. The van der Waals surface area contributed by atoms with E-state index in [-0.39, 0.29) is 11.4 Å². The Hall–Kier alpha value is -3.06. The van der Waals surface area contributed by atoms with Crippen LogP contribution in [-0.4, -0.2) is 27.6 Å². The van der Waals surface area contributed by atoms with Gasteiger partial charge in [-0.1, -0.05) is 12.1 Å². The van der Waals surface area contributed by atoms with Crippen molar-refractivity contribution in [2.75, 3.05) is 18.5 Å². The zero-order chi connectivity index (χ0) is 19.3. The van der Waals surface area contributed by atoms with Crippen molar-refractivity contribution >= 4 is 15.7 Å². The molecule has 0 N–H and O–H groups in total. The summed E-state index contributed by atoms with van der Waals surface area (Å²) in [6.45, 7) is 0.148. The third-order valence-corrected chi connectivity index (χ3v) is 5.83. The number of rotatable bonds is 7. The van der Waals surface area contributed by atoms with Crippen molar-refractivity contribution in [3.8, 4) is 11.5 Å². The van der Waals surface area contributed by atoms with Crippen LogP contribution >= 0.6 is 0 Å². The summed E-state index contributed by atoms with van der Waals surface area (Å²) in [6, 6.07) is 16.9. The van der Waals surface area contributed by atoms with Gasteiger partial charge < -0.3 is 9.47 Å². The monoisotopic (exact) mass is 384 g/mol. The summed E-state index contributed by atoms with van der Waals surface area (Å²) in [5.74, 6) is 1.17. The topological polar surface area (TPSA) is 68.7 Å². The Morgan fingerprint density at radius 1 is 0.926 bits per heavy atom. The van der Waals surface area contributed by atoms with E-state index in [0.29, 0.717) is 17.2 Å². The Labute approximate surface area is 159 Å². The molecule has 0 amide bonds. The zero-order valence-electron chi connectivity index (χ0n) is 15.1. The second kappa shape index (κ2) is 8.09. The first-order valence-corrected chi connectivity index (χ1v) is 9.68. The molecule has 1 aromatic heterocycles. The lowest BCUT2D eigenvalue weighted by Crippen LogP contribution is -2.30. The average molecular weight is 384 g/mol. The molecule has 3 rings (SSSR count). The molecule has 3 aromatic rings. The number of benzene rings is 2. The first kappa shape index (κ1) is 18.7. The summed E-state index contributed by atoms with van der Waals surface area (Å²) in [4.78, 5) is 4.26. The maximum absolute atomic E-state index is 13.4. The molecule has 0 saturated carbocycles. The molecule has 0 unspecified atom stereocenters. The van der Waals surface area contributed by atoms with Crippen LogP contribution in [0, 0.1) is 0 Å². The highest BCUT2D eigenvalue weighted by Crippen LogP contribution is 2.29. The minimum absolute atomic E-state index is 0.148. The van der Waals surface area contributed by atoms with Crippen molar-refractivity contribution in [1.29, 1.82) is 0 Å². The second-order valence-corrected chi connectivity index (χ2v) is 7.61. The number of aromatic nitrogens is 1. The van der Waals surface area contributed by atoms with Gasteiger partial charge in [0.15, 0.2) is 0 Å². The minimum Gasteiger partial charge on any atom is -0.497 e. The Morgan fingerprint density at radius 3 is 2.30 bits per heavy atom. The van der Waals surface area contributed by atoms with Gasteiger partial charge in [0, 0.05) is 18.5 Å². The number of pyridine rings is 1. The fraction of sp³-hybridized carbons (Fsp3) is 0.150. The molecule has 0 aliphatic heterocycles. The molecule has 0 radical (unpaired) electrons. The van der Waals surface area contributed by atoms with Crippen molar-refractivity contribution in [1.82, 2.24) is 4.98 Å². The van der Waals surface area contributed by atoms with Crippen LogP contribution in [-0.2, 0) is 16.6 Å². The van der Waals surface area contributed by atoms with Gasteiger partial charge in [-0.25, -0.2) is 8.42 Å². The van der Waals surface area contributed by atoms with Gasteiger partial charge in [0.2, 0.25) is 0 Å². The maximum atomic E-state index is 13.4. The summed E-state index contributed by atoms with van der Waals surface area (Å²) >= 11 is 0. The van der Waals surface area contributed by atoms with Gasteiger partial charge in [-0.2, -0.15) is 0 Å². The first-order chi connectivity index (χ1) is 13.0. The van der Waals surface area contributed by atoms with Gasteiger partial charge in [-0.15, -0.1) is 0 Å². The molecule has 7 heteroatoms. The highest BCUT2D eigenvalue weighted by molar-refractivity contribution is 7.92. The number of anilines is 1. The number of hydrogen-bond donors (Lipinski definition) is 0. The van der Waals surface area contributed by atoms with E-state index < -0.39 is 10.0 Å². The van der Waals surface area contributed by atoms with Crippen molar-refractivity contribution in [2.45, 2.75) is 11.4 Å². The van der Waals surface area contributed by atoms with Crippen molar-refractivity contribution in [3.63, 3.8) is 0 Å². The van der Waals surface area contributed by atoms with Gasteiger partial charge in [0.05, 0.1) is 31.3 Å². The van der Waals surface area contributed by atoms with Crippen LogP contribution in [0.3, 0.4) is 0 Å². The Bertz CT molecular complexity index is 990. The zero-order valence-corrected chi connectivity index (χ0v) is 15.9. The third kappa shape index (κ3) is 4.20. The number of sulfonamides is 1. The molecule has 0 spiro atoms. The molecule has 27 heavy (non-hydrogen) atoms. The van der Waals surface area contributed by atoms with Gasteiger partial charge >= 0.3 is 0 Å². The van der Waals surface area contributed by atoms with E-state index in [1.54, 1.807) is 62.0 Å². The molecular weight excluding hydrogens is 364 g/mol. The number of ether oxygens (including phenoxy) is 2. The van der Waals surface area contributed by atoms with Gasteiger partial charge in [0.1, 0.15) is 11.5 Å². The summed E-state index contributed by atoms with van der Waals surface area (Å²) in [5.41, 5.74) is 1.28. The minimum atomic E-state index is -3.81. The van der Waals surface area contributed by atoms with Crippen molar-refractivity contribution < 1.29 is 17.9 Å². The molecule has 0 atom stereocenters. The van der Waals surface area contributed by atoms with E-state index in [2.05, 4.69) is 4.98 Å². The fourth-order valence-electron chi connectivity index (χ4n) is 2.61. The largest absolute Gasteiger partial charge is 0.497 e. The van der Waals surface area contributed by atoms with Gasteiger partial charge in [-0.3, -0.25) is 9.29 Å².